The largest absolute Gasteiger partial charge is 0.375 e. The standard InChI is InChI=1S/C18H23NO2/c20-17(19-11-13-10-14(13)12-19)18(21,16-8-4-5-9-16)15-6-2-1-3-7-15/h1-3,6-7,13-14,16,21H,4-5,8-12H2. The number of carbonyl (C=O) groups excluding carboxylic acids is 1. The number of carbonyl (C=O) groups is 1. The molecule has 3 nitrogen and oxygen atoms in total. The lowest BCUT2D eigenvalue weighted by atomic mass is 9.79. The van der Waals surface area contributed by atoms with E-state index in [0.717, 1.165) is 44.3 Å². The minimum absolute atomic E-state index is 0.0483. The summed E-state index contributed by atoms with van der Waals surface area (Å²) < 4.78 is 0. The monoisotopic (exact) mass is 285 g/mol. The molecule has 4 rings (SSSR count). The summed E-state index contributed by atoms with van der Waals surface area (Å²) in [7, 11) is 0. The molecular formula is C18H23NO2. The normalized spacial score (nSPS) is 31.0. The fourth-order valence-corrected chi connectivity index (χ4v) is 4.37. The van der Waals surface area contributed by atoms with E-state index in [1.165, 1.54) is 6.42 Å². The summed E-state index contributed by atoms with van der Waals surface area (Å²) in [5.74, 6) is 1.44. The number of benzene rings is 1. The maximum atomic E-state index is 13.1. The highest BCUT2D eigenvalue weighted by Gasteiger charge is 2.53. The highest BCUT2D eigenvalue weighted by atomic mass is 16.3. The molecule has 1 aromatic carbocycles. The quantitative estimate of drug-likeness (QED) is 0.927. The van der Waals surface area contributed by atoms with Crippen molar-refractivity contribution in [3.8, 4) is 0 Å². The van der Waals surface area contributed by atoms with Crippen LogP contribution in [0.2, 0.25) is 0 Å². The highest BCUT2D eigenvalue weighted by Crippen LogP contribution is 2.48. The van der Waals surface area contributed by atoms with Crippen LogP contribution in [0, 0.1) is 17.8 Å². The van der Waals surface area contributed by atoms with Crippen molar-refractivity contribution in [2.75, 3.05) is 13.1 Å². The summed E-state index contributed by atoms with van der Waals surface area (Å²) in [6.45, 7) is 1.71. The van der Waals surface area contributed by atoms with Crippen molar-refractivity contribution >= 4 is 5.91 Å². The SMILES string of the molecule is O=C(N1CC2CC2C1)C(O)(c1ccccc1)C1CCCC1. The molecule has 0 radical (unpaired) electrons. The first-order valence-electron chi connectivity index (χ1n) is 8.27. The Kier molecular flexibility index (Phi) is 3.07. The molecule has 0 aromatic heterocycles. The molecule has 1 heterocycles. The molecular weight excluding hydrogens is 262 g/mol. The zero-order valence-corrected chi connectivity index (χ0v) is 12.4. The minimum Gasteiger partial charge on any atom is -0.375 e. The van der Waals surface area contributed by atoms with E-state index >= 15 is 0 Å². The van der Waals surface area contributed by atoms with Crippen LogP contribution in [-0.2, 0) is 10.4 Å². The Morgan fingerprint density at radius 2 is 1.71 bits per heavy atom. The van der Waals surface area contributed by atoms with Crippen LogP contribution in [0.3, 0.4) is 0 Å². The topological polar surface area (TPSA) is 40.5 Å². The van der Waals surface area contributed by atoms with E-state index in [4.69, 9.17) is 0 Å². The first-order chi connectivity index (χ1) is 10.2. The van der Waals surface area contributed by atoms with Crippen LogP contribution in [0.25, 0.3) is 0 Å². The number of nitrogens with zero attached hydrogens (tertiary/aromatic N) is 1. The highest BCUT2D eigenvalue weighted by molar-refractivity contribution is 5.87. The second-order valence-electron chi connectivity index (χ2n) is 7.08. The lowest BCUT2D eigenvalue weighted by Gasteiger charge is -2.37. The molecule has 1 N–H and O–H groups in total. The van der Waals surface area contributed by atoms with Crippen molar-refractivity contribution in [1.82, 2.24) is 4.90 Å². The molecule has 1 aromatic rings. The van der Waals surface area contributed by atoms with E-state index in [9.17, 15) is 9.90 Å². The van der Waals surface area contributed by atoms with Crippen molar-refractivity contribution in [2.24, 2.45) is 17.8 Å². The summed E-state index contributed by atoms with van der Waals surface area (Å²) in [6.07, 6.45) is 5.43. The van der Waals surface area contributed by atoms with Crippen LogP contribution < -0.4 is 0 Å². The van der Waals surface area contributed by atoms with E-state index < -0.39 is 5.60 Å². The van der Waals surface area contributed by atoms with Crippen molar-refractivity contribution in [2.45, 2.75) is 37.7 Å². The molecule has 1 aliphatic heterocycles. The molecule has 3 aliphatic rings. The van der Waals surface area contributed by atoms with Crippen LogP contribution in [0.15, 0.2) is 30.3 Å². The molecule has 0 bridgehead atoms. The van der Waals surface area contributed by atoms with E-state index in [-0.39, 0.29) is 11.8 Å². The van der Waals surface area contributed by atoms with Crippen molar-refractivity contribution in [1.29, 1.82) is 0 Å². The molecule has 0 spiro atoms. The first kappa shape index (κ1) is 13.3. The van der Waals surface area contributed by atoms with Crippen LogP contribution in [0.5, 0.6) is 0 Å². The van der Waals surface area contributed by atoms with Gasteiger partial charge in [-0.05, 0) is 36.7 Å². The predicted molar refractivity (Wildman–Crippen MR) is 80.5 cm³/mol. The molecule has 1 saturated heterocycles. The Bertz CT molecular complexity index is 527. The third-order valence-electron chi connectivity index (χ3n) is 5.75. The fourth-order valence-electron chi connectivity index (χ4n) is 4.37. The van der Waals surface area contributed by atoms with Crippen molar-refractivity contribution in [3.63, 3.8) is 0 Å². The summed E-state index contributed by atoms with van der Waals surface area (Å²) in [4.78, 5) is 15.0. The van der Waals surface area contributed by atoms with E-state index in [1.807, 2.05) is 35.2 Å². The smallest absolute Gasteiger partial charge is 0.259 e. The Labute approximate surface area is 126 Å². The van der Waals surface area contributed by atoms with Gasteiger partial charge >= 0.3 is 0 Å². The van der Waals surface area contributed by atoms with Gasteiger partial charge in [-0.15, -0.1) is 0 Å². The van der Waals surface area contributed by atoms with Crippen LogP contribution in [0.1, 0.15) is 37.7 Å². The van der Waals surface area contributed by atoms with Gasteiger partial charge in [0.25, 0.3) is 5.91 Å². The average Bonchev–Trinajstić information content (AvgIpc) is 2.98. The fraction of sp³-hybridized carbons (Fsp3) is 0.611. The molecule has 1 amide bonds. The summed E-state index contributed by atoms with van der Waals surface area (Å²) >= 11 is 0. The number of hydrogen-bond donors (Lipinski definition) is 1. The zero-order chi connectivity index (χ0) is 14.4. The molecule has 2 saturated carbocycles. The van der Waals surface area contributed by atoms with Crippen molar-refractivity contribution in [3.05, 3.63) is 35.9 Å². The Morgan fingerprint density at radius 1 is 1.10 bits per heavy atom. The van der Waals surface area contributed by atoms with Gasteiger partial charge in [0.05, 0.1) is 0 Å². The third kappa shape index (κ3) is 2.10. The molecule has 3 heteroatoms. The Hall–Kier alpha value is -1.35. The minimum atomic E-state index is -1.31. The third-order valence-corrected chi connectivity index (χ3v) is 5.75. The van der Waals surface area contributed by atoms with Crippen LogP contribution in [0.4, 0.5) is 0 Å². The lowest BCUT2D eigenvalue weighted by Crippen LogP contribution is -2.50. The second kappa shape index (κ2) is 4.84. The summed E-state index contributed by atoms with van der Waals surface area (Å²) in [5, 5.41) is 11.4. The van der Waals surface area contributed by atoms with Gasteiger partial charge in [-0.25, -0.2) is 0 Å². The molecule has 3 fully saturated rings. The zero-order valence-electron chi connectivity index (χ0n) is 12.4. The molecule has 3 atom stereocenters. The van der Waals surface area contributed by atoms with Gasteiger partial charge in [0, 0.05) is 19.0 Å². The predicted octanol–water partition coefficient (Wildman–Crippen LogP) is 2.54. The maximum absolute atomic E-state index is 13.1. The van der Waals surface area contributed by atoms with Gasteiger partial charge in [0.2, 0.25) is 0 Å². The number of fused-ring (bicyclic) bond motifs is 1. The molecule has 3 unspecified atom stereocenters. The average molecular weight is 285 g/mol. The molecule has 21 heavy (non-hydrogen) atoms. The Morgan fingerprint density at radius 3 is 2.33 bits per heavy atom. The number of piperidine rings is 1. The van der Waals surface area contributed by atoms with Gasteiger partial charge in [0.15, 0.2) is 5.60 Å². The van der Waals surface area contributed by atoms with Crippen LogP contribution in [-0.4, -0.2) is 29.0 Å². The second-order valence-corrected chi connectivity index (χ2v) is 7.08. The number of amides is 1. The summed E-state index contributed by atoms with van der Waals surface area (Å²) in [5.41, 5.74) is -0.531. The maximum Gasteiger partial charge on any atom is 0.259 e. The van der Waals surface area contributed by atoms with Gasteiger partial charge in [-0.2, -0.15) is 0 Å². The van der Waals surface area contributed by atoms with E-state index in [1.54, 1.807) is 0 Å². The van der Waals surface area contributed by atoms with Gasteiger partial charge in [-0.3, -0.25) is 4.79 Å². The molecule has 2 aliphatic carbocycles. The number of rotatable bonds is 3. The van der Waals surface area contributed by atoms with Crippen molar-refractivity contribution < 1.29 is 9.90 Å². The number of hydrogen-bond acceptors (Lipinski definition) is 2. The number of likely N-dealkylation sites (tertiary alicyclic amines) is 1. The van der Waals surface area contributed by atoms with Gasteiger partial charge in [-0.1, -0.05) is 43.2 Å². The van der Waals surface area contributed by atoms with E-state index in [0.29, 0.717) is 11.8 Å². The number of aliphatic hydroxyl groups is 1. The lowest BCUT2D eigenvalue weighted by molar-refractivity contribution is -0.158. The first-order valence-corrected chi connectivity index (χ1v) is 8.27. The Balaban J connectivity index is 1.67. The van der Waals surface area contributed by atoms with E-state index in [2.05, 4.69) is 0 Å². The van der Waals surface area contributed by atoms with Gasteiger partial charge < -0.3 is 10.0 Å². The molecule has 112 valence electrons. The van der Waals surface area contributed by atoms with Gasteiger partial charge in [0.1, 0.15) is 0 Å². The summed E-state index contributed by atoms with van der Waals surface area (Å²) in [6, 6.07) is 9.60. The van der Waals surface area contributed by atoms with Crippen LogP contribution >= 0.6 is 0 Å².